The van der Waals surface area contributed by atoms with Crippen LogP contribution in [0, 0.1) is 16.5 Å². The van der Waals surface area contributed by atoms with Gasteiger partial charge in [-0.05, 0) is 23.0 Å². The Kier molecular flexibility index (Phi) is 2.98. The number of benzene rings is 1. The fraction of sp³-hybridized carbons (Fsp3) is 0.579. The van der Waals surface area contributed by atoms with Gasteiger partial charge in [0.05, 0.1) is 18.8 Å². The molecule has 118 valence electrons. The number of aromatic nitrogens is 1. The molecule has 2 aliphatic rings. The molecule has 1 aromatic heterocycles. The lowest BCUT2D eigenvalue weighted by atomic mass is 9.71. The summed E-state index contributed by atoms with van der Waals surface area (Å²) >= 11 is 0. The summed E-state index contributed by atoms with van der Waals surface area (Å²) in [6, 6.07) is 8.61. The predicted molar refractivity (Wildman–Crippen MR) is 90.3 cm³/mol. The van der Waals surface area contributed by atoms with E-state index in [0.717, 1.165) is 32.4 Å². The molecule has 1 N–H and O–H groups in total. The summed E-state index contributed by atoms with van der Waals surface area (Å²) in [5.41, 5.74) is 4.12. The Morgan fingerprint density at radius 1 is 1.18 bits per heavy atom. The number of aromatic amines is 1. The van der Waals surface area contributed by atoms with Crippen LogP contribution in [0.5, 0.6) is 0 Å². The molecule has 3 atom stereocenters. The van der Waals surface area contributed by atoms with Crippen molar-refractivity contribution in [1.29, 1.82) is 0 Å². The summed E-state index contributed by atoms with van der Waals surface area (Å²) < 4.78 is -0.00754. The minimum Gasteiger partial charge on any atom is -0.632 e. The van der Waals surface area contributed by atoms with Gasteiger partial charge < -0.3 is 14.8 Å². The van der Waals surface area contributed by atoms with Crippen molar-refractivity contribution in [3.63, 3.8) is 0 Å². The van der Waals surface area contributed by atoms with E-state index in [2.05, 4.69) is 50.0 Å². The van der Waals surface area contributed by atoms with Gasteiger partial charge in [-0.25, -0.2) is 0 Å². The molecule has 2 aliphatic heterocycles. The molecule has 3 nitrogen and oxygen atoms in total. The number of piperidine rings is 1. The van der Waals surface area contributed by atoms with E-state index in [9.17, 15) is 5.21 Å². The lowest BCUT2D eigenvalue weighted by molar-refractivity contribution is -0.920. The van der Waals surface area contributed by atoms with Gasteiger partial charge in [0.1, 0.15) is 6.04 Å². The molecule has 2 aromatic rings. The van der Waals surface area contributed by atoms with Crippen LogP contribution in [0.3, 0.4) is 0 Å². The van der Waals surface area contributed by atoms with Crippen LogP contribution >= 0.6 is 0 Å². The average molecular weight is 298 g/mol. The lowest BCUT2D eigenvalue weighted by Gasteiger charge is -2.56. The van der Waals surface area contributed by atoms with Crippen LogP contribution in [0.15, 0.2) is 24.3 Å². The molecule has 1 saturated heterocycles. The second kappa shape index (κ2) is 4.59. The highest BCUT2D eigenvalue weighted by molar-refractivity contribution is 5.85. The normalized spacial score (nSPS) is 31.8. The molecule has 1 fully saturated rings. The number of hydrogen-bond donors (Lipinski definition) is 1. The van der Waals surface area contributed by atoms with Crippen LogP contribution in [0.25, 0.3) is 10.9 Å². The topological polar surface area (TPSA) is 38.8 Å². The van der Waals surface area contributed by atoms with Crippen molar-refractivity contribution in [3.8, 4) is 0 Å². The average Bonchev–Trinajstić information content (AvgIpc) is 2.84. The van der Waals surface area contributed by atoms with Crippen LogP contribution in [0.2, 0.25) is 0 Å². The van der Waals surface area contributed by atoms with Crippen molar-refractivity contribution in [2.75, 3.05) is 13.1 Å². The number of rotatable bonds is 0. The zero-order chi connectivity index (χ0) is 15.5. The maximum Gasteiger partial charge on any atom is 0.130 e. The van der Waals surface area contributed by atoms with E-state index < -0.39 is 0 Å². The van der Waals surface area contributed by atoms with Gasteiger partial charge in [0.15, 0.2) is 0 Å². The van der Waals surface area contributed by atoms with E-state index in [1.807, 2.05) is 0 Å². The van der Waals surface area contributed by atoms with Gasteiger partial charge in [0.25, 0.3) is 0 Å². The lowest BCUT2D eigenvalue weighted by Crippen LogP contribution is -2.55. The van der Waals surface area contributed by atoms with Gasteiger partial charge in [-0.3, -0.25) is 0 Å². The summed E-state index contributed by atoms with van der Waals surface area (Å²) in [5, 5.41) is 14.7. The van der Waals surface area contributed by atoms with E-state index in [4.69, 9.17) is 0 Å². The van der Waals surface area contributed by atoms with Crippen LogP contribution < -0.4 is 0 Å². The molecular formula is C19H26N2O. The minimum absolute atomic E-state index is 0.00754. The highest BCUT2D eigenvalue weighted by Crippen LogP contribution is 2.49. The Morgan fingerprint density at radius 3 is 2.73 bits per heavy atom. The number of nitrogens with zero attached hydrogens (tertiary/aromatic N) is 1. The van der Waals surface area contributed by atoms with Gasteiger partial charge in [-0.1, -0.05) is 39.0 Å². The smallest absolute Gasteiger partial charge is 0.130 e. The summed E-state index contributed by atoms with van der Waals surface area (Å²) in [5.74, 6) is 0.634. The fourth-order valence-corrected chi connectivity index (χ4v) is 4.59. The first-order chi connectivity index (χ1) is 10.4. The third-order valence-corrected chi connectivity index (χ3v) is 6.08. The molecule has 0 radical (unpaired) electrons. The number of hydroxylamine groups is 3. The Balaban J connectivity index is 1.80. The van der Waals surface area contributed by atoms with Crippen molar-refractivity contribution in [3.05, 3.63) is 40.7 Å². The van der Waals surface area contributed by atoms with Crippen molar-refractivity contribution < 1.29 is 4.65 Å². The standard InChI is InChI=1S/C19H26N2O/c1-19(2,3)13-8-10-21(22)11-9-15-14-6-4-5-7-16(14)20-18(15)17(21)12-13/h4-7,13,17,20H,8-12H2,1-3H3/t13-,17+,21+/m1/s1. The number of nitrogens with one attached hydrogen (secondary N) is 1. The molecular weight excluding hydrogens is 272 g/mol. The van der Waals surface area contributed by atoms with Crippen molar-refractivity contribution in [2.24, 2.45) is 11.3 Å². The van der Waals surface area contributed by atoms with Gasteiger partial charge in [0.2, 0.25) is 0 Å². The quantitative estimate of drug-likeness (QED) is 0.563. The van der Waals surface area contributed by atoms with Gasteiger partial charge in [-0.15, -0.1) is 0 Å². The van der Waals surface area contributed by atoms with Gasteiger partial charge in [0, 0.05) is 30.2 Å². The molecule has 1 aromatic carbocycles. The van der Waals surface area contributed by atoms with Gasteiger partial charge in [-0.2, -0.15) is 0 Å². The second-order valence-electron chi connectivity index (χ2n) is 8.32. The Bertz CT molecular complexity index is 712. The molecule has 22 heavy (non-hydrogen) atoms. The number of para-hydroxylation sites is 1. The zero-order valence-corrected chi connectivity index (χ0v) is 13.9. The molecule has 0 saturated carbocycles. The molecule has 0 unspecified atom stereocenters. The minimum atomic E-state index is -0.00754. The largest absolute Gasteiger partial charge is 0.632 e. The molecule has 3 heterocycles. The fourth-order valence-electron chi connectivity index (χ4n) is 4.59. The molecule has 0 aliphatic carbocycles. The number of quaternary nitrogens is 1. The maximum atomic E-state index is 13.3. The van der Waals surface area contributed by atoms with Crippen LogP contribution in [-0.4, -0.2) is 22.7 Å². The Labute approximate surface area is 132 Å². The number of fused-ring (bicyclic) bond motifs is 5. The van der Waals surface area contributed by atoms with Crippen molar-refractivity contribution in [1.82, 2.24) is 4.98 Å². The second-order valence-corrected chi connectivity index (χ2v) is 8.32. The molecule has 0 spiro atoms. The Hall–Kier alpha value is -1.32. The Morgan fingerprint density at radius 2 is 1.95 bits per heavy atom. The molecule has 0 bridgehead atoms. The first-order valence-electron chi connectivity index (χ1n) is 8.56. The predicted octanol–water partition coefficient (Wildman–Crippen LogP) is 4.54. The maximum absolute atomic E-state index is 13.3. The summed E-state index contributed by atoms with van der Waals surface area (Å²) in [4.78, 5) is 3.60. The van der Waals surface area contributed by atoms with E-state index >= 15 is 0 Å². The van der Waals surface area contributed by atoms with Crippen LogP contribution in [0.1, 0.15) is 50.9 Å². The molecule has 0 amide bonds. The first-order valence-corrected chi connectivity index (χ1v) is 8.56. The van der Waals surface area contributed by atoms with Crippen LogP contribution in [-0.2, 0) is 6.42 Å². The summed E-state index contributed by atoms with van der Waals surface area (Å²) in [6.07, 6.45) is 3.01. The monoisotopic (exact) mass is 298 g/mol. The van der Waals surface area contributed by atoms with Crippen molar-refractivity contribution in [2.45, 2.75) is 46.1 Å². The molecule has 4 rings (SSSR count). The third kappa shape index (κ3) is 2.03. The van der Waals surface area contributed by atoms with Crippen LogP contribution in [0.4, 0.5) is 0 Å². The van der Waals surface area contributed by atoms with E-state index in [1.165, 1.54) is 22.2 Å². The van der Waals surface area contributed by atoms with E-state index in [-0.39, 0.29) is 16.1 Å². The summed E-state index contributed by atoms with van der Waals surface area (Å²) in [6.45, 7) is 8.48. The third-order valence-electron chi connectivity index (χ3n) is 6.08. The first kappa shape index (κ1) is 14.3. The SMILES string of the molecule is CC(C)(C)[C@@H]1CC[N@+]2([O-])CCc3c([nH]c4ccccc34)[C@@H]2C1. The molecule has 3 heteroatoms. The zero-order valence-electron chi connectivity index (χ0n) is 13.9. The van der Waals surface area contributed by atoms with E-state index in [1.54, 1.807) is 0 Å². The highest BCUT2D eigenvalue weighted by atomic mass is 16.5. The number of H-pyrrole nitrogens is 1. The highest BCUT2D eigenvalue weighted by Gasteiger charge is 2.45. The van der Waals surface area contributed by atoms with E-state index in [0.29, 0.717) is 5.92 Å². The van der Waals surface area contributed by atoms with Gasteiger partial charge >= 0.3 is 0 Å². The van der Waals surface area contributed by atoms with Crippen molar-refractivity contribution >= 4 is 10.9 Å². The summed E-state index contributed by atoms with van der Waals surface area (Å²) in [7, 11) is 0. The number of hydrogen-bond acceptors (Lipinski definition) is 1.